The Morgan fingerprint density at radius 1 is 1.38 bits per heavy atom. The second-order valence-corrected chi connectivity index (χ2v) is 5.72. The standard InChI is InChI=1S/C17H21N3O3.ClH/c1-12-2-4-13(5-3-12)17-20-15(11-23-17)9-19-16(21)8-14-10-22-7-6-18-14;/h2-5,11,14,18H,6-10H2,1H3,(H,19,21);1H. The molecule has 1 unspecified atom stereocenters. The van der Waals surface area contributed by atoms with Gasteiger partial charge in [0.25, 0.3) is 0 Å². The monoisotopic (exact) mass is 351 g/mol. The molecule has 7 heteroatoms. The number of halogens is 1. The molecule has 2 aromatic rings. The second kappa shape index (κ2) is 8.82. The van der Waals surface area contributed by atoms with E-state index in [9.17, 15) is 4.79 Å². The van der Waals surface area contributed by atoms with E-state index in [0.29, 0.717) is 37.8 Å². The lowest BCUT2D eigenvalue weighted by atomic mass is 10.1. The number of ether oxygens (including phenoxy) is 1. The van der Waals surface area contributed by atoms with E-state index in [-0.39, 0.29) is 24.4 Å². The number of carbonyl (C=O) groups is 1. The first-order chi connectivity index (χ1) is 11.2. The van der Waals surface area contributed by atoms with Gasteiger partial charge in [-0.05, 0) is 19.1 Å². The van der Waals surface area contributed by atoms with Crippen molar-refractivity contribution in [2.45, 2.75) is 25.9 Å². The highest BCUT2D eigenvalue weighted by Crippen LogP contribution is 2.19. The lowest BCUT2D eigenvalue weighted by Crippen LogP contribution is -2.44. The van der Waals surface area contributed by atoms with Gasteiger partial charge in [-0.3, -0.25) is 4.79 Å². The highest BCUT2D eigenvalue weighted by atomic mass is 35.5. The summed E-state index contributed by atoms with van der Waals surface area (Å²) in [6.45, 7) is 4.48. The van der Waals surface area contributed by atoms with E-state index in [1.54, 1.807) is 6.26 Å². The summed E-state index contributed by atoms with van der Waals surface area (Å²) in [5.74, 6) is 0.546. The Bertz CT molecular complexity index is 651. The number of nitrogens with one attached hydrogen (secondary N) is 2. The summed E-state index contributed by atoms with van der Waals surface area (Å²) in [6, 6.07) is 8.06. The maximum absolute atomic E-state index is 11.9. The summed E-state index contributed by atoms with van der Waals surface area (Å²) in [7, 11) is 0. The fourth-order valence-electron chi connectivity index (χ4n) is 2.45. The number of carbonyl (C=O) groups excluding carboxylic acids is 1. The van der Waals surface area contributed by atoms with Gasteiger partial charge in [0, 0.05) is 24.6 Å². The maximum atomic E-state index is 11.9. The fraction of sp³-hybridized carbons (Fsp3) is 0.412. The quantitative estimate of drug-likeness (QED) is 0.862. The summed E-state index contributed by atoms with van der Waals surface area (Å²) in [6.07, 6.45) is 1.99. The van der Waals surface area contributed by atoms with Gasteiger partial charge in [0.2, 0.25) is 11.8 Å². The predicted molar refractivity (Wildman–Crippen MR) is 93.0 cm³/mol. The summed E-state index contributed by atoms with van der Waals surface area (Å²) >= 11 is 0. The van der Waals surface area contributed by atoms with Crippen molar-refractivity contribution in [3.05, 3.63) is 41.8 Å². The van der Waals surface area contributed by atoms with E-state index in [2.05, 4.69) is 15.6 Å². The van der Waals surface area contributed by atoms with Crippen LogP contribution in [-0.4, -0.2) is 36.7 Å². The normalized spacial score (nSPS) is 17.1. The first kappa shape index (κ1) is 18.4. The van der Waals surface area contributed by atoms with Crippen LogP contribution < -0.4 is 10.6 Å². The summed E-state index contributed by atoms with van der Waals surface area (Å²) < 4.78 is 10.8. The molecule has 1 aromatic heterocycles. The minimum atomic E-state index is -0.0205. The van der Waals surface area contributed by atoms with Gasteiger partial charge in [0.05, 0.1) is 25.5 Å². The number of rotatable bonds is 5. The van der Waals surface area contributed by atoms with Crippen LogP contribution in [0.25, 0.3) is 11.5 Å². The van der Waals surface area contributed by atoms with E-state index >= 15 is 0 Å². The summed E-state index contributed by atoms with van der Waals surface area (Å²) in [4.78, 5) is 16.3. The molecule has 3 rings (SSSR count). The van der Waals surface area contributed by atoms with E-state index in [4.69, 9.17) is 9.15 Å². The Morgan fingerprint density at radius 3 is 2.88 bits per heavy atom. The molecule has 1 saturated heterocycles. The molecule has 6 nitrogen and oxygen atoms in total. The van der Waals surface area contributed by atoms with Crippen molar-refractivity contribution >= 4 is 18.3 Å². The third-order valence-corrected chi connectivity index (χ3v) is 3.75. The lowest BCUT2D eigenvalue weighted by Gasteiger charge is -2.23. The van der Waals surface area contributed by atoms with E-state index < -0.39 is 0 Å². The van der Waals surface area contributed by atoms with Crippen LogP contribution >= 0.6 is 12.4 Å². The van der Waals surface area contributed by atoms with E-state index in [0.717, 1.165) is 12.1 Å². The average molecular weight is 352 g/mol. The molecule has 0 radical (unpaired) electrons. The van der Waals surface area contributed by atoms with Crippen LogP contribution in [0.3, 0.4) is 0 Å². The van der Waals surface area contributed by atoms with Gasteiger partial charge >= 0.3 is 0 Å². The minimum Gasteiger partial charge on any atom is -0.444 e. The van der Waals surface area contributed by atoms with Gasteiger partial charge in [0.15, 0.2) is 0 Å². The number of morpholine rings is 1. The SMILES string of the molecule is Cc1ccc(-c2nc(CNC(=O)CC3COCCN3)co2)cc1.Cl. The van der Waals surface area contributed by atoms with Crippen LogP contribution in [0.1, 0.15) is 17.7 Å². The predicted octanol–water partition coefficient (Wildman–Crippen LogP) is 2.07. The molecule has 1 fully saturated rings. The van der Waals surface area contributed by atoms with Gasteiger partial charge in [0.1, 0.15) is 6.26 Å². The largest absolute Gasteiger partial charge is 0.444 e. The molecule has 0 spiro atoms. The molecule has 2 heterocycles. The van der Waals surface area contributed by atoms with Gasteiger partial charge in [-0.25, -0.2) is 4.98 Å². The van der Waals surface area contributed by atoms with E-state index in [1.807, 2.05) is 31.2 Å². The van der Waals surface area contributed by atoms with Crippen LogP contribution in [0.5, 0.6) is 0 Å². The molecular formula is C17H22ClN3O3. The van der Waals surface area contributed by atoms with Crippen LogP contribution in [0.4, 0.5) is 0 Å². The Kier molecular flexibility index (Phi) is 6.78. The molecule has 1 aliphatic rings. The van der Waals surface area contributed by atoms with Crippen molar-refractivity contribution in [3.8, 4) is 11.5 Å². The van der Waals surface area contributed by atoms with Crippen molar-refractivity contribution in [2.75, 3.05) is 19.8 Å². The molecule has 1 amide bonds. The van der Waals surface area contributed by atoms with Crippen LogP contribution in [0.15, 0.2) is 34.9 Å². The fourth-order valence-corrected chi connectivity index (χ4v) is 2.45. The highest BCUT2D eigenvalue weighted by Gasteiger charge is 2.17. The van der Waals surface area contributed by atoms with Gasteiger partial charge in [-0.1, -0.05) is 17.7 Å². The highest BCUT2D eigenvalue weighted by molar-refractivity contribution is 5.85. The number of hydrogen-bond donors (Lipinski definition) is 2. The first-order valence-corrected chi connectivity index (χ1v) is 7.80. The molecule has 24 heavy (non-hydrogen) atoms. The molecule has 1 aromatic carbocycles. The van der Waals surface area contributed by atoms with Crippen molar-refractivity contribution in [1.82, 2.24) is 15.6 Å². The zero-order chi connectivity index (χ0) is 16.1. The number of aromatic nitrogens is 1. The number of amides is 1. The molecule has 1 atom stereocenters. The third kappa shape index (κ3) is 5.06. The summed E-state index contributed by atoms with van der Waals surface area (Å²) in [5, 5.41) is 6.12. The van der Waals surface area contributed by atoms with Crippen LogP contribution in [-0.2, 0) is 16.1 Å². The van der Waals surface area contributed by atoms with Crippen molar-refractivity contribution in [1.29, 1.82) is 0 Å². The molecule has 130 valence electrons. The number of hydrogen-bond acceptors (Lipinski definition) is 5. The first-order valence-electron chi connectivity index (χ1n) is 7.80. The Balaban J connectivity index is 0.00000208. The molecule has 1 aliphatic heterocycles. The molecule has 0 saturated carbocycles. The molecule has 0 aliphatic carbocycles. The second-order valence-electron chi connectivity index (χ2n) is 5.72. The number of benzene rings is 1. The molecular weight excluding hydrogens is 330 g/mol. The Hall–Kier alpha value is -1.89. The van der Waals surface area contributed by atoms with Crippen molar-refractivity contribution in [2.24, 2.45) is 0 Å². The van der Waals surface area contributed by atoms with Crippen molar-refractivity contribution < 1.29 is 13.9 Å². The Labute approximate surface area is 147 Å². The number of oxazole rings is 1. The molecule has 0 bridgehead atoms. The third-order valence-electron chi connectivity index (χ3n) is 3.75. The molecule has 2 N–H and O–H groups in total. The zero-order valence-corrected chi connectivity index (χ0v) is 14.4. The van der Waals surface area contributed by atoms with Gasteiger partial charge in [-0.15, -0.1) is 12.4 Å². The van der Waals surface area contributed by atoms with Crippen LogP contribution in [0, 0.1) is 6.92 Å². The minimum absolute atomic E-state index is 0. The smallest absolute Gasteiger partial charge is 0.226 e. The lowest BCUT2D eigenvalue weighted by molar-refractivity contribution is -0.122. The maximum Gasteiger partial charge on any atom is 0.226 e. The Morgan fingerprint density at radius 2 is 2.17 bits per heavy atom. The zero-order valence-electron chi connectivity index (χ0n) is 13.6. The number of nitrogens with zero attached hydrogens (tertiary/aromatic N) is 1. The summed E-state index contributed by atoms with van der Waals surface area (Å²) in [5.41, 5.74) is 2.83. The van der Waals surface area contributed by atoms with Gasteiger partial charge < -0.3 is 19.8 Å². The van der Waals surface area contributed by atoms with Crippen molar-refractivity contribution in [3.63, 3.8) is 0 Å². The average Bonchev–Trinajstić information content (AvgIpc) is 3.04. The number of aryl methyl sites for hydroxylation is 1. The van der Waals surface area contributed by atoms with Gasteiger partial charge in [-0.2, -0.15) is 0 Å². The van der Waals surface area contributed by atoms with E-state index in [1.165, 1.54) is 5.56 Å². The topological polar surface area (TPSA) is 76.4 Å². The van der Waals surface area contributed by atoms with Crippen LogP contribution in [0.2, 0.25) is 0 Å².